The van der Waals surface area contributed by atoms with Gasteiger partial charge in [0, 0.05) is 22.2 Å². The van der Waals surface area contributed by atoms with Crippen molar-refractivity contribution in [3.8, 4) is 11.3 Å². The number of nitro groups is 1. The minimum absolute atomic E-state index is 0.0455. The van der Waals surface area contributed by atoms with Crippen molar-refractivity contribution in [2.75, 3.05) is 0 Å². The first kappa shape index (κ1) is 16.4. The highest BCUT2D eigenvalue weighted by molar-refractivity contribution is 9.10. The summed E-state index contributed by atoms with van der Waals surface area (Å²) in [5, 5.41) is 11.3. The maximum Gasteiger partial charge on any atom is 0.270 e. The summed E-state index contributed by atoms with van der Waals surface area (Å²) < 4.78 is 6.64. The third kappa shape index (κ3) is 3.72. The fourth-order valence-corrected chi connectivity index (χ4v) is 2.52. The minimum Gasteiger partial charge on any atom is -0.455 e. The quantitative estimate of drug-likeness (QED) is 0.303. The number of hydrogen-bond donors (Lipinski definition) is 0. The second-order valence-corrected chi connectivity index (χ2v) is 6.18. The minimum atomic E-state index is -0.474. The highest BCUT2D eigenvalue weighted by Crippen LogP contribution is 2.32. The number of nitrogens with zero attached hydrogens (tertiary/aromatic N) is 2. The Morgan fingerprint density at radius 3 is 2.58 bits per heavy atom. The molecule has 0 unspecified atom stereocenters. The summed E-state index contributed by atoms with van der Waals surface area (Å²) in [6.07, 6.45) is 1.58. The fraction of sp³-hybridized carbons (Fsp3) is 0. The van der Waals surface area contributed by atoms with Crippen LogP contribution in [0.4, 0.5) is 11.4 Å². The monoisotopic (exact) mass is 404 g/mol. The number of non-ortho nitro benzene ring substituents is 1. The van der Waals surface area contributed by atoms with Crippen LogP contribution in [0.3, 0.4) is 0 Å². The van der Waals surface area contributed by atoms with Crippen LogP contribution in [0.1, 0.15) is 5.76 Å². The topological polar surface area (TPSA) is 68.6 Å². The van der Waals surface area contributed by atoms with Gasteiger partial charge in [-0.25, -0.2) is 0 Å². The van der Waals surface area contributed by atoms with Crippen LogP contribution < -0.4 is 0 Å². The van der Waals surface area contributed by atoms with E-state index in [1.54, 1.807) is 18.3 Å². The molecule has 5 nitrogen and oxygen atoms in total. The van der Waals surface area contributed by atoms with Crippen LogP contribution in [0.5, 0.6) is 0 Å². The van der Waals surface area contributed by atoms with Crippen molar-refractivity contribution in [1.82, 2.24) is 0 Å². The predicted octanol–water partition coefficient (Wildman–Crippen LogP) is 6.02. The lowest BCUT2D eigenvalue weighted by molar-refractivity contribution is -0.384. The van der Waals surface area contributed by atoms with Crippen molar-refractivity contribution >= 4 is 45.1 Å². The van der Waals surface area contributed by atoms with Crippen LogP contribution in [0.25, 0.3) is 11.3 Å². The molecule has 0 spiro atoms. The largest absolute Gasteiger partial charge is 0.455 e. The van der Waals surface area contributed by atoms with Gasteiger partial charge in [-0.3, -0.25) is 15.1 Å². The predicted molar refractivity (Wildman–Crippen MR) is 97.2 cm³/mol. The Balaban J connectivity index is 1.87. The van der Waals surface area contributed by atoms with E-state index in [9.17, 15) is 10.1 Å². The molecule has 0 atom stereocenters. The van der Waals surface area contributed by atoms with Gasteiger partial charge < -0.3 is 4.42 Å². The first-order valence-electron chi connectivity index (χ1n) is 6.87. The molecule has 0 bridgehead atoms. The molecule has 120 valence electrons. The zero-order valence-electron chi connectivity index (χ0n) is 12.1. The van der Waals surface area contributed by atoms with E-state index in [1.807, 2.05) is 24.3 Å². The van der Waals surface area contributed by atoms with Crippen LogP contribution in [-0.4, -0.2) is 11.1 Å². The molecule has 3 rings (SSSR count). The zero-order chi connectivity index (χ0) is 17.1. The van der Waals surface area contributed by atoms with Gasteiger partial charge in [0.2, 0.25) is 0 Å². The number of rotatable bonds is 4. The third-order valence-electron chi connectivity index (χ3n) is 3.22. The average Bonchev–Trinajstić information content (AvgIpc) is 3.03. The lowest BCUT2D eigenvalue weighted by Crippen LogP contribution is -1.88. The van der Waals surface area contributed by atoms with Gasteiger partial charge in [-0.05, 0) is 42.5 Å². The van der Waals surface area contributed by atoms with Crippen molar-refractivity contribution in [3.05, 3.63) is 80.0 Å². The Labute approximate surface area is 150 Å². The van der Waals surface area contributed by atoms with Gasteiger partial charge in [0.05, 0.1) is 21.8 Å². The molecule has 0 N–H and O–H groups in total. The van der Waals surface area contributed by atoms with Crippen molar-refractivity contribution in [2.24, 2.45) is 4.99 Å². The number of halogens is 2. The molecule has 0 aliphatic carbocycles. The molecule has 1 heterocycles. The normalized spacial score (nSPS) is 11.1. The molecule has 2 aromatic carbocycles. The maximum absolute atomic E-state index is 10.9. The van der Waals surface area contributed by atoms with Crippen molar-refractivity contribution in [3.63, 3.8) is 0 Å². The first-order valence-corrected chi connectivity index (χ1v) is 8.04. The maximum atomic E-state index is 10.9. The molecule has 0 fully saturated rings. The van der Waals surface area contributed by atoms with Crippen LogP contribution in [0.2, 0.25) is 5.02 Å². The molecule has 7 heteroatoms. The number of aliphatic imine (C=N–C) groups is 1. The van der Waals surface area contributed by atoms with Gasteiger partial charge in [0.25, 0.3) is 5.69 Å². The van der Waals surface area contributed by atoms with Crippen molar-refractivity contribution in [1.29, 1.82) is 0 Å². The van der Waals surface area contributed by atoms with E-state index in [0.717, 1.165) is 10.2 Å². The first-order chi connectivity index (χ1) is 11.5. The fourth-order valence-electron chi connectivity index (χ4n) is 2.05. The Bertz CT molecular complexity index is 920. The molecular weight excluding hydrogens is 396 g/mol. The van der Waals surface area contributed by atoms with E-state index in [4.69, 9.17) is 16.0 Å². The number of benzene rings is 2. The van der Waals surface area contributed by atoms with Crippen LogP contribution >= 0.6 is 27.5 Å². The van der Waals surface area contributed by atoms with Gasteiger partial charge in [-0.15, -0.1) is 0 Å². The molecule has 0 saturated carbocycles. The Morgan fingerprint density at radius 1 is 1.12 bits per heavy atom. The van der Waals surface area contributed by atoms with Crippen LogP contribution in [0.15, 0.2) is 68.5 Å². The van der Waals surface area contributed by atoms with Gasteiger partial charge in [0.1, 0.15) is 11.5 Å². The van der Waals surface area contributed by atoms with Crippen LogP contribution in [-0.2, 0) is 0 Å². The van der Waals surface area contributed by atoms with Crippen LogP contribution in [0, 0.1) is 10.1 Å². The smallest absolute Gasteiger partial charge is 0.270 e. The summed E-state index contributed by atoms with van der Waals surface area (Å²) in [7, 11) is 0. The molecule has 0 aliphatic rings. The average molecular weight is 406 g/mol. The number of furan rings is 1. The van der Waals surface area contributed by atoms with Gasteiger partial charge >= 0.3 is 0 Å². The highest BCUT2D eigenvalue weighted by Gasteiger charge is 2.14. The Morgan fingerprint density at radius 2 is 1.88 bits per heavy atom. The molecule has 0 saturated heterocycles. The highest BCUT2D eigenvalue weighted by atomic mass is 79.9. The zero-order valence-corrected chi connectivity index (χ0v) is 14.5. The molecular formula is C17H10BrClN2O3. The summed E-state index contributed by atoms with van der Waals surface area (Å²) in [5.74, 6) is 0.969. The van der Waals surface area contributed by atoms with Gasteiger partial charge in [0.15, 0.2) is 0 Å². The summed E-state index contributed by atoms with van der Waals surface area (Å²) >= 11 is 9.47. The summed E-state index contributed by atoms with van der Waals surface area (Å²) in [4.78, 5) is 14.7. The number of nitro benzene ring substituents is 1. The second-order valence-electron chi connectivity index (χ2n) is 4.86. The molecule has 0 radical (unpaired) electrons. The molecule has 24 heavy (non-hydrogen) atoms. The summed E-state index contributed by atoms with van der Waals surface area (Å²) in [6, 6.07) is 15.2. The molecule has 0 amide bonds. The lowest BCUT2D eigenvalue weighted by Gasteiger charge is -2.00. The molecule has 3 aromatic rings. The third-order valence-corrected chi connectivity index (χ3v) is 4.08. The lowest BCUT2D eigenvalue weighted by atomic mass is 10.1. The van der Waals surface area contributed by atoms with Crippen molar-refractivity contribution < 1.29 is 9.34 Å². The second kappa shape index (κ2) is 6.98. The SMILES string of the molecule is O=[N+]([O-])c1ccc(Cl)c(-c2ccc(C=Nc3ccc(Br)cc3)o2)c1. The molecule has 1 aromatic heterocycles. The van der Waals surface area contributed by atoms with Gasteiger partial charge in [-0.2, -0.15) is 0 Å². The molecule has 0 aliphatic heterocycles. The summed E-state index contributed by atoms with van der Waals surface area (Å²) in [5.41, 5.74) is 1.20. The van der Waals surface area contributed by atoms with E-state index in [-0.39, 0.29) is 5.69 Å². The van der Waals surface area contributed by atoms with Gasteiger partial charge in [-0.1, -0.05) is 27.5 Å². The van der Waals surface area contributed by atoms with E-state index in [2.05, 4.69) is 20.9 Å². The Kier molecular flexibility index (Phi) is 4.78. The Hall–Kier alpha value is -2.44. The van der Waals surface area contributed by atoms with E-state index >= 15 is 0 Å². The van der Waals surface area contributed by atoms with E-state index < -0.39 is 4.92 Å². The standard InChI is InChI=1S/C17H10BrClN2O3/c18-11-1-3-12(4-2-11)20-10-14-6-8-17(24-14)15-9-13(21(22)23)5-7-16(15)19/h1-10H. The van der Waals surface area contributed by atoms with Crippen molar-refractivity contribution in [2.45, 2.75) is 0 Å². The van der Waals surface area contributed by atoms with E-state index in [1.165, 1.54) is 18.2 Å². The van der Waals surface area contributed by atoms with E-state index in [0.29, 0.717) is 22.1 Å². The summed E-state index contributed by atoms with van der Waals surface area (Å²) in [6.45, 7) is 0. The number of hydrogen-bond acceptors (Lipinski definition) is 4.